The summed E-state index contributed by atoms with van der Waals surface area (Å²) in [4.78, 5) is 8.52. The van der Waals surface area contributed by atoms with Crippen LogP contribution in [0.1, 0.15) is 30.3 Å². The van der Waals surface area contributed by atoms with Gasteiger partial charge in [-0.2, -0.15) is 4.98 Å². The Bertz CT molecular complexity index is 550. The smallest absolute Gasteiger partial charge is 0.240 e. The molecule has 1 fully saturated rings. The third-order valence-corrected chi connectivity index (χ3v) is 2.72. The highest BCUT2D eigenvalue weighted by molar-refractivity contribution is 6.29. The number of ether oxygens (including phenoxy) is 1. The van der Waals surface area contributed by atoms with E-state index >= 15 is 0 Å². The topological polar surface area (TPSA) is 63.7 Å². The molecule has 5 nitrogen and oxygen atoms in total. The fourth-order valence-electron chi connectivity index (χ4n) is 1.54. The minimum Gasteiger partial charge on any atom is -0.419 e. The Hall–Kier alpha value is -1.62. The number of hydrogen-bond acceptors (Lipinski definition) is 4. The van der Waals surface area contributed by atoms with E-state index in [1.54, 1.807) is 12.1 Å². The zero-order chi connectivity index (χ0) is 11.8. The molecule has 3 rings (SSSR count). The van der Waals surface area contributed by atoms with Crippen LogP contribution >= 0.6 is 11.6 Å². The molecule has 2 heterocycles. The Morgan fingerprint density at radius 2 is 2.12 bits per heavy atom. The summed E-state index contributed by atoms with van der Waals surface area (Å²) in [5.41, 5.74) is 0.933. The molecule has 0 spiro atoms. The molecular formula is C11H11ClN4O. The monoisotopic (exact) mass is 250 g/mol. The van der Waals surface area contributed by atoms with E-state index in [0.717, 1.165) is 24.4 Å². The average Bonchev–Trinajstić information content (AvgIpc) is 3.03. The van der Waals surface area contributed by atoms with Gasteiger partial charge in [-0.3, -0.25) is 5.10 Å². The van der Waals surface area contributed by atoms with Crippen LogP contribution in [0, 0.1) is 6.92 Å². The van der Waals surface area contributed by atoms with Gasteiger partial charge in [-0.1, -0.05) is 11.6 Å². The molecule has 2 aromatic heterocycles. The lowest BCUT2D eigenvalue weighted by Crippen LogP contribution is -1.96. The number of nitrogens with one attached hydrogen (secondary N) is 1. The van der Waals surface area contributed by atoms with E-state index in [9.17, 15) is 0 Å². The number of aryl methyl sites for hydroxylation is 1. The molecule has 1 saturated carbocycles. The molecule has 88 valence electrons. The SMILES string of the molecule is Cc1cc(Oc2cc(Cl)nc(C3CC3)n2)n[nH]1. The van der Waals surface area contributed by atoms with E-state index in [4.69, 9.17) is 16.3 Å². The van der Waals surface area contributed by atoms with Gasteiger partial charge in [-0.25, -0.2) is 4.98 Å². The van der Waals surface area contributed by atoms with Crippen molar-refractivity contribution in [1.29, 1.82) is 0 Å². The Balaban J connectivity index is 1.86. The minimum atomic E-state index is 0.407. The first-order chi connectivity index (χ1) is 8.20. The van der Waals surface area contributed by atoms with Gasteiger partial charge in [0.15, 0.2) is 0 Å². The number of aromatic amines is 1. The second-order valence-corrected chi connectivity index (χ2v) is 4.54. The second kappa shape index (κ2) is 4.00. The van der Waals surface area contributed by atoms with E-state index in [2.05, 4.69) is 20.2 Å². The van der Waals surface area contributed by atoms with E-state index in [1.165, 1.54) is 0 Å². The van der Waals surface area contributed by atoms with Crippen LogP contribution in [0.5, 0.6) is 11.8 Å². The molecule has 1 aliphatic carbocycles. The van der Waals surface area contributed by atoms with Crippen LogP contribution in [0.3, 0.4) is 0 Å². The summed E-state index contributed by atoms with van der Waals surface area (Å²) in [6.45, 7) is 1.91. The molecule has 0 radical (unpaired) electrons. The number of hydrogen-bond donors (Lipinski definition) is 1. The van der Waals surface area contributed by atoms with Gasteiger partial charge in [0.1, 0.15) is 11.0 Å². The van der Waals surface area contributed by atoms with Crippen LogP contribution in [-0.4, -0.2) is 20.2 Å². The highest BCUT2D eigenvalue weighted by Crippen LogP contribution is 2.39. The van der Waals surface area contributed by atoms with Crippen molar-refractivity contribution in [3.63, 3.8) is 0 Å². The maximum Gasteiger partial charge on any atom is 0.240 e. The quantitative estimate of drug-likeness (QED) is 0.851. The first-order valence-corrected chi connectivity index (χ1v) is 5.83. The highest BCUT2D eigenvalue weighted by Gasteiger charge is 2.27. The van der Waals surface area contributed by atoms with Gasteiger partial charge in [0.2, 0.25) is 11.8 Å². The Morgan fingerprint density at radius 3 is 2.76 bits per heavy atom. The van der Waals surface area contributed by atoms with Crippen LogP contribution < -0.4 is 4.74 Å². The predicted octanol–water partition coefficient (Wildman–Crippen LogP) is 2.83. The summed E-state index contributed by atoms with van der Waals surface area (Å²) < 4.78 is 5.52. The third-order valence-electron chi connectivity index (χ3n) is 2.52. The highest BCUT2D eigenvalue weighted by atomic mass is 35.5. The first kappa shape index (κ1) is 10.5. The standard InChI is InChI=1S/C11H11ClN4O/c1-6-4-10(16-15-6)17-9-5-8(12)13-11(14-9)7-2-3-7/h4-5,7H,2-3H2,1H3,(H,15,16). The van der Waals surface area contributed by atoms with Crippen molar-refractivity contribution >= 4 is 11.6 Å². The Morgan fingerprint density at radius 1 is 1.29 bits per heavy atom. The fraction of sp³-hybridized carbons (Fsp3) is 0.364. The molecule has 0 atom stereocenters. The van der Waals surface area contributed by atoms with Gasteiger partial charge in [0.25, 0.3) is 0 Å². The fourth-order valence-corrected chi connectivity index (χ4v) is 1.72. The van der Waals surface area contributed by atoms with Crippen LogP contribution in [0.15, 0.2) is 12.1 Å². The molecule has 0 amide bonds. The van der Waals surface area contributed by atoms with Gasteiger partial charge in [0, 0.05) is 23.7 Å². The summed E-state index contributed by atoms with van der Waals surface area (Å²) in [6, 6.07) is 3.39. The molecule has 2 aromatic rings. The van der Waals surface area contributed by atoms with Gasteiger partial charge in [-0.15, -0.1) is 5.10 Å². The van der Waals surface area contributed by atoms with Crippen molar-refractivity contribution in [2.45, 2.75) is 25.7 Å². The summed E-state index contributed by atoms with van der Waals surface area (Å²) in [5, 5.41) is 7.19. The largest absolute Gasteiger partial charge is 0.419 e. The number of rotatable bonds is 3. The van der Waals surface area contributed by atoms with Crippen molar-refractivity contribution in [3.05, 3.63) is 28.8 Å². The molecule has 0 bridgehead atoms. The number of H-pyrrole nitrogens is 1. The van der Waals surface area contributed by atoms with E-state index < -0.39 is 0 Å². The summed E-state index contributed by atoms with van der Waals surface area (Å²) in [5.74, 6) is 2.13. The number of nitrogens with zero attached hydrogens (tertiary/aromatic N) is 3. The second-order valence-electron chi connectivity index (χ2n) is 4.15. The maximum absolute atomic E-state index is 5.93. The molecule has 0 saturated heterocycles. The van der Waals surface area contributed by atoms with Crippen LogP contribution in [0.2, 0.25) is 5.15 Å². The zero-order valence-corrected chi connectivity index (χ0v) is 10.0. The average molecular weight is 251 g/mol. The minimum absolute atomic E-state index is 0.407. The zero-order valence-electron chi connectivity index (χ0n) is 9.27. The maximum atomic E-state index is 5.93. The van der Waals surface area contributed by atoms with Crippen molar-refractivity contribution in [2.75, 3.05) is 0 Å². The number of aromatic nitrogens is 4. The molecule has 0 aromatic carbocycles. The normalized spacial score (nSPS) is 14.9. The van der Waals surface area contributed by atoms with E-state index in [0.29, 0.717) is 22.8 Å². The van der Waals surface area contributed by atoms with Gasteiger partial charge >= 0.3 is 0 Å². The summed E-state index contributed by atoms with van der Waals surface area (Å²) in [7, 11) is 0. The Kier molecular flexibility index (Phi) is 2.48. The predicted molar refractivity (Wildman–Crippen MR) is 62.4 cm³/mol. The summed E-state index contributed by atoms with van der Waals surface area (Å²) in [6.07, 6.45) is 2.25. The molecule has 0 aliphatic heterocycles. The Labute approximate surface area is 103 Å². The van der Waals surface area contributed by atoms with Gasteiger partial charge in [0.05, 0.1) is 0 Å². The molecular weight excluding hydrogens is 240 g/mol. The number of halogens is 1. The van der Waals surface area contributed by atoms with Crippen LogP contribution in [-0.2, 0) is 0 Å². The molecule has 17 heavy (non-hydrogen) atoms. The van der Waals surface area contributed by atoms with Crippen molar-refractivity contribution in [1.82, 2.24) is 20.2 Å². The van der Waals surface area contributed by atoms with Crippen molar-refractivity contribution < 1.29 is 4.74 Å². The van der Waals surface area contributed by atoms with Crippen molar-refractivity contribution in [2.24, 2.45) is 0 Å². The lowest BCUT2D eigenvalue weighted by molar-refractivity contribution is 0.439. The van der Waals surface area contributed by atoms with Gasteiger partial charge in [-0.05, 0) is 19.8 Å². The summed E-state index contributed by atoms with van der Waals surface area (Å²) >= 11 is 5.93. The van der Waals surface area contributed by atoms with E-state index in [-0.39, 0.29) is 0 Å². The molecule has 1 aliphatic rings. The molecule has 6 heteroatoms. The van der Waals surface area contributed by atoms with Crippen molar-refractivity contribution in [3.8, 4) is 11.8 Å². The van der Waals surface area contributed by atoms with E-state index in [1.807, 2.05) is 6.92 Å². The van der Waals surface area contributed by atoms with Gasteiger partial charge < -0.3 is 4.74 Å². The lowest BCUT2D eigenvalue weighted by Gasteiger charge is -2.03. The first-order valence-electron chi connectivity index (χ1n) is 5.45. The molecule has 1 N–H and O–H groups in total. The lowest BCUT2D eigenvalue weighted by atomic mass is 10.4. The molecule has 0 unspecified atom stereocenters. The van der Waals surface area contributed by atoms with Crippen LogP contribution in [0.4, 0.5) is 0 Å². The third kappa shape index (κ3) is 2.39. The van der Waals surface area contributed by atoms with Crippen LogP contribution in [0.25, 0.3) is 0 Å².